The van der Waals surface area contributed by atoms with Crippen LogP contribution < -0.4 is 5.32 Å². The first-order valence-electron chi connectivity index (χ1n) is 6.06. The average molecular weight is 219 g/mol. The predicted molar refractivity (Wildman–Crippen MR) is 66.5 cm³/mol. The minimum absolute atomic E-state index is 0.383. The van der Waals surface area contributed by atoms with Gasteiger partial charge < -0.3 is 10.4 Å². The molecule has 0 amide bonds. The van der Waals surface area contributed by atoms with Gasteiger partial charge in [0.1, 0.15) is 0 Å². The van der Waals surface area contributed by atoms with Crippen molar-refractivity contribution in [3.8, 4) is 0 Å². The maximum absolute atomic E-state index is 10.5. The van der Waals surface area contributed by atoms with Crippen molar-refractivity contribution in [1.82, 2.24) is 5.32 Å². The standard InChI is InChI=1S/C14H21NO/c1-11-3-5-12(6-4-11)9-14(2,16)13-7-8-15-10-13/h3-6,13,15-16H,7-10H2,1-2H3. The highest BCUT2D eigenvalue weighted by molar-refractivity contribution is 5.22. The number of nitrogens with one attached hydrogen (secondary N) is 1. The Labute approximate surface area is 97.7 Å². The Morgan fingerprint density at radius 2 is 2.06 bits per heavy atom. The Balaban J connectivity index is 2.04. The van der Waals surface area contributed by atoms with E-state index in [1.54, 1.807) is 0 Å². The second-order valence-corrected chi connectivity index (χ2v) is 5.21. The number of aryl methyl sites for hydroxylation is 1. The Morgan fingerprint density at radius 1 is 1.38 bits per heavy atom. The first-order chi connectivity index (χ1) is 7.58. The molecule has 0 bridgehead atoms. The van der Waals surface area contributed by atoms with Crippen molar-refractivity contribution in [2.24, 2.45) is 5.92 Å². The second kappa shape index (κ2) is 4.56. The van der Waals surface area contributed by atoms with Crippen LogP contribution in [0.4, 0.5) is 0 Å². The fourth-order valence-corrected chi connectivity index (χ4v) is 2.45. The van der Waals surface area contributed by atoms with E-state index in [2.05, 4.69) is 36.5 Å². The van der Waals surface area contributed by atoms with E-state index in [1.807, 2.05) is 6.92 Å². The van der Waals surface area contributed by atoms with Crippen LogP contribution in [0.1, 0.15) is 24.5 Å². The molecule has 16 heavy (non-hydrogen) atoms. The van der Waals surface area contributed by atoms with Crippen molar-refractivity contribution in [3.63, 3.8) is 0 Å². The second-order valence-electron chi connectivity index (χ2n) is 5.21. The fraction of sp³-hybridized carbons (Fsp3) is 0.571. The van der Waals surface area contributed by atoms with Crippen LogP contribution in [0.2, 0.25) is 0 Å². The third-order valence-corrected chi connectivity index (χ3v) is 3.62. The average Bonchev–Trinajstić information content (AvgIpc) is 2.75. The van der Waals surface area contributed by atoms with E-state index in [4.69, 9.17) is 0 Å². The molecular formula is C14H21NO. The molecule has 2 atom stereocenters. The van der Waals surface area contributed by atoms with Crippen LogP contribution in [-0.2, 0) is 6.42 Å². The normalized spacial score (nSPS) is 24.3. The van der Waals surface area contributed by atoms with Gasteiger partial charge >= 0.3 is 0 Å². The quantitative estimate of drug-likeness (QED) is 0.814. The molecule has 1 fully saturated rings. The molecule has 1 aromatic rings. The molecule has 1 saturated heterocycles. The van der Waals surface area contributed by atoms with Crippen LogP contribution in [0.3, 0.4) is 0 Å². The first-order valence-corrected chi connectivity index (χ1v) is 6.06. The first kappa shape index (κ1) is 11.6. The molecule has 1 aliphatic rings. The van der Waals surface area contributed by atoms with E-state index in [0.29, 0.717) is 5.92 Å². The highest BCUT2D eigenvalue weighted by Gasteiger charge is 2.33. The lowest BCUT2D eigenvalue weighted by atomic mass is 9.83. The molecule has 1 aliphatic heterocycles. The van der Waals surface area contributed by atoms with Crippen molar-refractivity contribution in [2.75, 3.05) is 13.1 Å². The lowest BCUT2D eigenvalue weighted by Gasteiger charge is -2.29. The van der Waals surface area contributed by atoms with Gasteiger partial charge in [0.15, 0.2) is 0 Å². The third-order valence-electron chi connectivity index (χ3n) is 3.62. The molecule has 2 unspecified atom stereocenters. The number of rotatable bonds is 3. The molecule has 2 rings (SSSR count). The van der Waals surface area contributed by atoms with Crippen molar-refractivity contribution in [1.29, 1.82) is 0 Å². The summed E-state index contributed by atoms with van der Waals surface area (Å²) < 4.78 is 0. The molecule has 2 N–H and O–H groups in total. The molecule has 88 valence electrons. The van der Waals surface area contributed by atoms with Gasteiger partial charge in [0.05, 0.1) is 5.60 Å². The topological polar surface area (TPSA) is 32.3 Å². The highest BCUT2D eigenvalue weighted by Crippen LogP contribution is 2.27. The molecular weight excluding hydrogens is 198 g/mol. The molecule has 0 aliphatic carbocycles. The van der Waals surface area contributed by atoms with Crippen molar-refractivity contribution in [3.05, 3.63) is 35.4 Å². The van der Waals surface area contributed by atoms with E-state index >= 15 is 0 Å². The summed E-state index contributed by atoms with van der Waals surface area (Å²) in [6.45, 7) is 6.03. The zero-order valence-electron chi connectivity index (χ0n) is 10.2. The van der Waals surface area contributed by atoms with Crippen molar-refractivity contribution < 1.29 is 5.11 Å². The van der Waals surface area contributed by atoms with Gasteiger partial charge in [0, 0.05) is 18.9 Å². The van der Waals surface area contributed by atoms with Gasteiger partial charge in [0.25, 0.3) is 0 Å². The summed E-state index contributed by atoms with van der Waals surface area (Å²) in [5, 5.41) is 13.8. The molecule has 1 heterocycles. The maximum atomic E-state index is 10.5. The summed E-state index contributed by atoms with van der Waals surface area (Å²) in [5.41, 5.74) is 1.91. The van der Waals surface area contributed by atoms with E-state index in [1.165, 1.54) is 11.1 Å². The monoisotopic (exact) mass is 219 g/mol. The number of aliphatic hydroxyl groups is 1. The highest BCUT2D eigenvalue weighted by atomic mass is 16.3. The summed E-state index contributed by atoms with van der Waals surface area (Å²) in [6, 6.07) is 8.45. The van der Waals surface area contributed by atoms with Gasteiger partial charge in [-0.05, 0) is 32.4 Å². The summed E-state index contributed by atoms with van der Waals surface area (Å²) in [4.78, 5) is 0. The van der Waals surface area contributed by atoms with Crippen LogP contribution in [0.5, 0.6) is 0 Å². The molecule has 1 aromatic carbocycles. The van der Waals surface area contributed by atoms with E-state index in [9.17, 15) is 5.11 Å². The molecule has 0 radical (unpaired) electrons. The fourth-order valence-electron chi connectivity index (χ4n) is 2.45. The van der Waals surface area contributed by atoms with E-state index < -0.39 is 5.60 Å². The van der Waals surface area contributed by atoms with Gasteiger partial charge in [-0.15, -0.1) is 0 Å². The van der Waals surface area contributed by atoms with Gasteiger partial charge in [-0.2, -0.15) is 0 Å². The minimum Gasteiger partial charge on any atom is -0.389 e. The molecule has 0 spiro atoms. The Hall–Kier alpha value is -0.860. The molecule has 0 saturated carbocycles. The smallest absolute Gasteiger partial charge is 0.0700 e. The summed E-state index contributed by atoms with van der Waals surface area (Å²) in [6.07, 6.45) is 1.83. The predicted octanol–water partition coefficient (Wildman–Crippen LogP) is 1.90. The molecule has 2 nitrogen and oxygen atoms in total. The van der Waals surface area contributed by atoms with Crippen LogP contribution in [0.15, 0.2) is 24.3 Å². The van der Waals surface area contributed by atoms with Crippen LogP contribution >= 0.6 is 0 Å². The summed E-state index contributed by atoms with van der Waals surface area (Å²) in [5.74, 6) is 0.383. The lowest BCUT2D eigenvalue weighted by molar-refractivity contribution is 0.00726. The summed E-state index contributed by atoms with van der Waals surface area (Å²) >= 11 is 0. The molecule has 0 aromatic heterocycles. The number of hydrogen-bond donors (Lipinski definition) is 2. The SMILES string of the molecule is Cc1ccc(CC(C)(O)C2CCNC2)cc1. The zero-order valence-corrected chi connectivity index (χ0v) is 10.2. The van der Waals surface area contributed by atoms with Crippen LogP contribution in [0.25, 0.3) is 0 Å². The van der Waals surface area contributed by atoms with Crippen molar-refractivity contribution >= 4 is 0 Å². The van der Waals surface area contributed by atoms with Crippen LogP contribution in [-0.4, -0.2) is 23.8 Å². The number of benzene rings is 1. The van der Waals surface area contributed by atoms with Gasteiger partial charge in [-0.3, -0.25) is 0 Å². The Morgan fingerprint density at radius 3 is 2.62 bits per heavy atom. The van der Waals surface area contributed by atoms with E-state index in [0.717, 1.165) is 25.9 Å². The van der Waals surface area contributed by atoms with Gasteiger partial charge in [0.2, 0.25) is 0 Å². The van der Waals surface area contributed by atoms with Gasteiger partial charge in [-0.1, -0.05) is 29.8 Å². The largest absolute Gasteiger partial charge is 0.389 e. The lowest BCUT2D eigenvalue weighted by Crippen LogP contribution is -2.38. The number of hydrogen-bond acceptors (Lipinski definition) is 2. The van der Waals surface area contributed by atoms with Crippen molar-refractivity contribution in [2.45, 2.75) is 32.3 Å². The maximum Gasteiger partial charge on any atom is 0.0700 e. The van der Waals surface area contributed by atoms with E-state index in [-0.39, 0.29) is 0 Å². The van der Waals surface area contributed by atoms with Crippen LogP contribution in [0, 0.1) is 12.8 Å². The Kier molecular flexibility index (Phi) is 3.31. The van der Waals surface area contributed by atoms with Gasteiger partial charge in [-0.25, -0.2) is 0 Å². The zero-order chi connectivity index (χ0) is 11.6. The molecule has 2 heteroatoms. The minimum atomic E-state index is -0.585. The third kappa shape index (κ3) is 2.63. The Bertz CT molecular complexity index is 336. The summed E-state index contributed by atoms with van der Waals surface area (Å²) in [7, 11) is 0.